The molecule has 0 bridgehead atoms. The Kier molecular flexibility index (Phi) is 4.56. The lowest BCUT2D eigenvalue weighted by molar-refractivity contribution is 0.0522. The highest BCUT2D eigenvalue weighted by Crippen LogP contribution is 2.14. The number of carbonyl (C=O) groups excluding carboxylic acids is 1. The maximum absolute atomic E-state index is 11.4. The zero-order valence-electron chi connectivity index (χ0n) is 10.6. The Morgan fingerprint density at radius 1 is 1.59 bits per heavy atom. The van der Waals surface area contributed by atoms with Crippen molar-refractivity contribution >= 4 is 22.0 Å². The molecular weight excluding hydrogens is 286 g/mol. The number of aromatic nitrogens is 2. The first kappa shape index (κ1) is 14.0. The summed E-state index contributed by atoms with van der Waals surface area (Å²) in [6.07, 6.45) is 1.45. The van der Waals surface area contributed by atoms with Crippen molar-refractivity contribution in [2.24, 2.45) is 0 Å². The van der Waals surface area contributed by atoms with Gasteiger partial charge in [-0.3, -0.25) is 4.68 Å². The Morgan fingerprint density at radius 2 is 2.24 bits per heavy atom. The molecule has 1 N–H and O–H groups in total. The number of hydrogen-bond donors (Lipinski definition) is 1. The van der Waals surface area contributed by atoms with Crippen LogP contribution in [0.15, 0.2) is 10.7 Å². The fraction of sp³-hybridized carbons (Fsp3) is 0.636. The van der Waals surface area contributed by atoms with Crippen LogP contribution in [0.25, 0.3) is 0 Å². The van der Waals surface area contributed by atoms with Crippen LogP contribution in [0.1, 0.15) is 33.4 Å². The second-order valence-corrected chi connectivity index (χ2v) is 5.49. The highest BCUT2D eigenvalue weighted by molar-refractivity contribution is 9.10. The van der Waals surface area contributed by atoms with E-state index in [9.17, 15) is 4.79 Å². The van der Waals surface area contributed by atoms with Crippen LogP contribution in [-0.4, -0.2) is 21.5 Å². The van der Waals surface area contributed by atoms with E-state index in [0.29, 0.717) is 6.54 Å². The molecule has 0 atom stereocenters. The van der Waals surface area contributed by atoms with Crippen LogP contribution in [0.2, 0.25) is 0 Å². The Hall–Kier alpha value is -1.04. The van der Waals surface area contributed by atoms with Gasteiger partial charge in [-0.1, -0.05) is 0 Å². The average Bonchev–Trinajstić information content (AvgIpc) is 2.54. The molecule has 0 aliphatic heterocycles. The first-order valence-electron chi connectivity index (χ1n) is 5.50. The molecule has 1 aromatic heterocycles. The van der Waals surface area contributed by atoms with Crippen molar-refractivity contribution in [1.29, 1.82) is 0 Å². The SMILES string of the molecule is CCn1cc(Br)c(CNC(=O)OC(C)(C)C)n1. The smallest absolute Gasteiger partial charge is 0.407 e. The van der Waals surface area contributed by atoms with Crippen LogP contribution >= 0.6 is 15.9 Å². The Morgan fingerprint density at radius 3 is 2.71 bits per heavy atom. The van der Waals surface area contributed by atoms with E-state index in [4.69, 9.17) is 4.74 Å². The maximum atomic E-state index is 11.4. The lowest BCUT2D eigenvalue weighted by Crippen LogP contribution is -2.32. The average molecular weight is 304 g/mol. The van der Waals surface area contributed by atoms with Crippen LogP contribution in [0.5, 0.6) is 0 Å². The van der Waals surface area contributed by atoms with Gasteiger partial charge in [0.05, 0.1) is 16.7 Å². The number of carbonyl (C=O) groups is 1. The third-order valence-corrected chi connectivity index (χ3v) is 2.57. The number of nitrogens with one attached hydrogen (secondary N) is 1. The number of ether oxygens (including phenoxy) is 1. The molecule has 5 nitrogen and oxygen atoms in total. The van der Waals surface area contributed by atoms with Gasteiger partial charge in [-0.2, -0.15) is 5.10 Å². The van der Waals surface area contributed by atoms with Crippen LogP contribution in [0, 0.1) is 0 Å². The fourth-order valence-electron chi connectivity index (χ4n) is 1.19. The third-order valence-electron chi connectivity index (χ3n) is 1.91. The highest BCUT2D eigenvalue weighted by Gasteiger charge is 2.16. The van der Waals surface area contributed by atoms with E-state index >= 15 is 0 Å². The van der Waals surface area contributed by atoms with E-state index < -0.39 is 11.7 Å². The summed E-state index contributed by atoms with van der Waals surface area (Å²) < 4.78 is 7.82. The van der Waals surface area contributed by atoms with Crippen molar-refractivity contribution in [2.45, 2.75) is 46.4 Å². The van der Waals surface area contributed by atoms with Crippen molar-refractivity contribution in [3.63, 3.8) is 0 Å². The van der Waals surface area contributed by atoms with Gasteiger partial charge >= 0.3 is 6.09 Å². The summed E-state index contributed by atoms with van der Waals surface area (Å²) >= 11 is 3.39. The van der Waals surface area contributed by atoms with E-state index in [2.05, 4.69) is 26.3 Å². The highest BCUT2D eigenvalue weighted by atomic mass is 79.9. The number of alkyl carbamates (subject to hydrolysis) is 1. The molecule has 6 heteroatoms. The summed E-state index contributed by atoms with van der Waals surface area (Å²) in [6, 6.07) is 0. The molecule has 0 saturated carbocycles. The largest absolute Gasteiger partial charge is 0.444 e. The standard InChI is InChI=1S/C11H18BrN3O2/c1-5-15-7-8(12)9(14-15)6-13-10(16)17-11(2,3)4/h7H,5-6H2,1-4H3,(H,13,16). The Balaban J connectivity index is 2.50. The maximum Gasteiger partial charge on any atom is 0.407 e. The van der Waals surface area contributed by atoms with Crippen LogP contribution in [0.4, 0.5) is 4.79 Å². The van der Waals surface area contributed by atoms with Gasteiger partial charge in [0, 0.05) is 12.7 Å². The minimum atomic E-state index is -0.482. The molecule has 0 fully saturated rings. The van der Waals surface area contributed by atoms with Gasteiger partial charge in [0.1, 0.15) is 5.60 Å². The molecule has 0 saturated heterocycles. The number of rotatable bonds is 3. The minimum Gasteiger partial charge on any atom is -0.444 e. The minimum absolute atomic E-state index is 0.350. The molecule has 1 rings (SSSR count). The second kappa shape index (κ2) is 5.53. The van der Waals surface area contributed by atoms with Crippen LogP contribution in [-0.2, 0) is 17.8 Å². The molecule has 1 aromatic rings. The van der Waals surface area contributed by atoms with Crippen molar-refractivity contribution in [3.8, 4) is 0 Å². The van der Waals surface area contributed by atoms with Gasteiger partial charge in [-0.05, 0) is 43.6 Å². The molecule has 0 aliphatic carbocycles. The topological polar surface area (TPSA) is 56.2 Å². The van der Waals surface area contributed by atoms with Gasteiger partial charge in [-0.15, -0.1) is 0 Å². The van der Waals surface area contributed by atoms with E-state index in [0.717, 1.165) is 16.7 Å². The van der Waals surface area contributed by atoms with Crippen LogP contribution in [0.3, 0.4) is 0 Å². The number of hydrogen-bond acceptors (Lipinski definition) is 3. The molecular formula is C11H18BrN3O2. The van der Waals surface area contributed by atoms with E-state index in [1.54, 1.807) is 4.68 Å². The van der Waals surface area contributed by atoms with Crippen molar-refractivity contribution < 1.29 is 9.53 Å². The Labute approximate surface area is 110 Å². The lowest BCUT2D eigenvalue weighted by Gasteiger charge is -2.19. The molecule has 0 aliphatic rings. The summed E-state index contributed by atoms with van der Waals surface area (Å²) in [6.45, 7) is 8.63. The normalized spacial score (nSPS) is 11.4. The number of halogens is 1. The van der Waals surface area contributed by atoms with Gasteiger partial charge in [0.15, 0.2) is 0 Å². The molecule has 0 aromatic carbocycles. The molecule has 17 heavy (non-hydrogen) atoms. The van der Waals surface area contributed by atoms with E-state index in [-0.39, 0.29) is 0 Å². The summed E-state index contributed by atoms with van der Waals surface area (Å²) in [5.41, 5.74) is 0.307. The van der Waals surface area contributed by atoms with Crippen LogP contribution < -0.4 is 5.32 Å². The molecule has 0 spiro atoms. The van der Waals surface area contributed by atoms with Crippen molar-refractivity contribution in [2.75, 3.05) is 0 Å². The molecule has 0 unspecified atom stereocenters. The predicted octanol–water partition coefficient (Wildman–Crippen LogP) is 2.69. The van der Waals surface area contributed by atoms with Crippen molar-refractivity contribution in [3.05, 3.63) is 16.4 Å². The van der Waals surface area contributed by atoms with Gasteiger partial charge < -0.3 is 10.1 Å². The summed E-state index contributed by atoms with van der Waals surface area (Å²) in [4.78, 5) is 11.4. The molecule has 96 valence electrons. The number of aryl methyl sites for hydroxylation is 1. The zero-order chi connectivity index (χ0) is 13.1. The van der Waals surface area contributed by atoms with Gasteiger partial charge in [0.2, 0.25) is 0 Å². The van der Waals surface area contributed by atoms with E-state index in [1.807, 2.05) is 33.9 Å². The van der Waals surface area contributed by atoms with Gasteiger partial charge in [-0.25, -0.2) is 4.79 Å². The fourth-order valence-corrected chi connectivity index (χ4v) is 1.64. The van der Waals surface area contributed by atoms with Gasteiger partial charge in [0.25, 0.3) is 0 Å². The first-order chi connectivity index (χ1) is 7.81. The van der Waals surface area contributed by atoms with E-state index in [1.165, 1.54) is 0 Å². The molecule has 1 heterocycles. The summed E-state index contributed by atoms with van der Waals surface area (Å²) in [5, 5.41) is 6.96. The summed E-state index contributed by atoms with van der Waals surface area (Å²) in [5.74, 6) is 0. The monoisotopic (exact) mass is 303 g/mol. The zero-order valence-corrected chi connectivity index (χ0v) is 12.2. The quantitative estimate of drug-likeness (QED) is 0.934. The number of amides is 1. The summed E-state index contributed by atoms with van der Waals surface area (Å²) in [7, 11) is 0. The second-order valence-electron chi connectivity index (χ2n) is 4.63. The number of nitrogens with zero attached hydrogens (tertiary/aromatic N) is 2. The lowest BCUT2D eigenvalue weighted by atomic mass is 10.2. The molecule has 1 amide bonds. The third kappa shape index (κ3) is 4.77. The molecule has 0 radical (unpaired) electrons. The first-order valence-corrected chi connectivity index (χ1v) is 6.30. The predicted molar refractivity (Wildman–Crippen MR) is 68.7 cm³/mol. The Bertz CT molecular complexity index is 396. The van der Waals surface area contributed by atoms with Crippen molar-refractivity contribution in [1.82, 2.24) is 15.1 Å².